The van der Waals surface area contributed by atoms with Crippen LogP contribution in [0.5, 0.6) is 11.5 Å². The van der Waals surface area contributed by atoms with Crippen LogP contribution >= 0.6 is 0 Å². The zero-order valence-electron chi connectivity index (χ0n) is 11.6. The molecule has 4 nitrogen and oxygen atoms in total. The van der Waals surface area contributed by atoms with Gasteiger partial charge in [-0.15, -0.1) is 0 Å². The van der Waals surface area contributed by atoms with E-state index in [0.29, 0.717) is 0 Å². The van der Waals surface area contributed by atoms with Crippen LogP contribution in [0.25, 0.3) is 0 Å². The highest BCUT2D eigenvalue weighted by Crippen LogP contribution is 2.43. The Kier molecular flexibility index (Phi) is 3.32. The Labute approximate surface area is 114 Å². The molecule has 0 amide bonds. The van der Waals surface area contributed by atoms with Gasteiger partial charge >= 0.3 is 0 Å². The molecular weight excluding hydrogens is 240 g/mol. The summed E-state index contributed by atoms with van der Waals surface area (Å²) >= 11 is 0. The molecule has 102 valence electrons. The van der Waals surface area contributed by atoms with Crippen LogP contribution in [0.15, 0.2) is 17.1 Å². The second-order valence-corrected chi connectivity index (χ2v) is 5.07. The normalized spacial score (nSPS) is 18.0. The number of hydrogen-bond acceptors (Lipinski definition) is 4. The van der Waals surface area contributed by atoms with Gasteiger partial charge in [0.15, 0.2) is 11.5 Å². The first kappa shape index (κ1) is 12.3. The Bertz CT molecular complexity index is 511. The molecule has 1 aromatic carbocycles. The van der Waals surface area contributed by atoms with Crippen molar-refractivity contribution in [3.63, 3.8) is 0 Å². The quantitative estimate of drug-likeness (QED) is 0.819. The van der Waals surface area contributed by atoms with Gasteiger partial charge in [-0.05, 0) is 18.9 Å². The van der Waals surface area contributed by atoms with Crippen molar-refractivity contribution in [1.29, 1.82) is 0 Å². The van der Waals surface area contributed by atoms with Crippen molar-refractivity contribution in [2.75, 3.05) is 20.8 Å². The van der Waals surface area contributed by atoms with E-state index in [9.17, 15) is 0 Å². The second-order valence-electron chi connectivity index (χ2n) is 5.07. The third-order valence-corrected chi connectivity index (χ3v) is 3.90. The molecule has 2 aliphatic heterocycles. The molecule has 0 spiro atoms. The topological polar surface area (TPSA) is 34.1 Å². The van der Waals surface area contributed by atoms with E-state index in [1.807, 2.05) is 6.07 Å². The van der Waals surface area contributed by atoms with Gasteiger partial charge in [0.1, 0.15) is 11.5 Å². The molecule has 0 aromatic heterocycles. The lowest BCUT2D eigenvalue weighted by Gasteiger charge is -2.30. The maximum absolute atomic E-state index is 5.50. The minimum atomic E-state index is 0.757. The SMILES string of the molecule is COc1ccc2c(c1OC)N=C1CCCCCN1C2. The van der Waals surface area contributed by atoms with Crippen molar-refractivity contribution in [1.82, 2.24) is 4.90 Å². The van der Waals surface area contributed by atoms with Gasteiger partial charge in [-0.1, -0.05) is 12.5 Å². The van der Waals surface area contributed by atoms with Crippen molar-refractivity contribution in [2.45, 2.75) is 32.2 Å². The van der Waals surface area contributed by atoms with Crippen LogP contribution in [0.1, 0.15) is 31.2 Å². The summed E-state index contributed by atoms with van der Waals surface area (Å²) in [6.45, 7) is 2.06. The molecule has 0 radical (unpaired) electrons. The van der Waals surface area contributed by atoms with Crippen LogP contribution in [0.2, 0.25) is 0 Å². The number of nitrogens with zero attached hydrogens (tertiary/aromatic N) is 2. The highest BCUT2D eigenvalue weighted by atomic mass is 16.5. The maximum Gasteiger partial charge on any atom is 0.186 e. The molecule has 2 heterocycles. The van der Waals surface area contributed by atoms with E-state index in [1.165, 1.54) is 30.7 Å². The summed E-state index contributed by atoms with van der Waals surface area (Å²) in [5, 5.41) is 0. The predicted molar refractivity (Wildman–Crippen MR) is 75.5 cm³/mol. The van der Waals surface area contributed by atoms with Gasteiger partial charge in [0, 0.05) is 25.1 Å². The highest BCUT2D eigenvalue weighted by molar-refractivity contribution is 5.89. The van der Waals surface area contributed by atoms with E-state index >= 15 is 0 Å². The predicted octanol–water partition coefficient (Wildman–Crippen LogP) is 3.12. The molecule has 0 atom stereocenters. The van der Waals surface area contributed by atoms with Crippen molar-refractivity contribution in [2.24, 2.45) is 4.99 Å². The summed E-state index contributed by atoms with van der Waals surface area (Å²) in [6.07, 6.45) is 4.87. The molecular formula is C15H20N2O2. The van der Waals surface area contributed by atoms with Gasteiger partial charge in [0.05, 0.1) is 14.2 Å². The fraction of sp³-hybridized carbons (Fsp3) is 0.533. The Hall–Kier alpha value is -1.71. The van der Waals surface area contributed by atoms with E-state index in [4.69, 9.17) is 14.5 Å². The number of hydrogen-bond donors (Lipinski definition) is 0. The van der Waals surface area contributed by atoms with E-state index in [0.717, 1.165) is 36.7 Å². The zero-order chi connectivity index (χ0) is 13.2. The van der Waals surface area contributed by atoms with Crippen LogP contribution in [-0.4, -0.2) is 31.5 Å². The summed E-state index contributed by atoms with van der Waals surface area (Å²) in [7, 11) is 3.34. The van der Waals surface area contributed by atoms with Crippen molar-refractivity contribution in [3.8, 4) is 11.5 Å². The number of rotatable bonds is 2. The fourth-order valence-electron chi connectivity index (χ4n) is 2.88. The van der Waals surface area contributed by atoms with Crippen molar-refractivity contribution < 1.29 is 9.47 Å². The molecule has 0 aliphatic carbocycles. The molecule has 0 N–H and O–H groups in total. The number of aliphatic imine (C=N–C) groups is 1. The summed E-state index contributed by atoms with van der Waals surface area (Å²) in [6, 6.07) is 4.07. The van der Waals surface area contributed by atoms with Gasteiger partial charge in [0.25, 0.3) is 0 Å². The lowest BCUT2D eigenvalue weighted by atomic mass is 10.1. The lowest BCUT2D eigenvalue weighted by Crippen LogP contribution is -2.32. The number of methoxy groups -OCH3 is 2. The minimum absolute atomic E-state index is 0.757. The molecule has 3 rings (SSSR count). The van der Waals surface area contributed by atoms with Gasteiger partial charge in [-0.3, -0.25) is 0 Å². The average Bonchev–Trinajstić information content (AvgIpc) is 2.68. The standard InChI is InChI=1S/C15H20N2O2/c1-18-12-8-7-11-10-17-9-5-3-4-6-13(17)16-14(11)15(12)19-2/h7-8H,3-6,9-10H2,1-2H3. The zero-order valence-corrected chi connectivity index (χ0v) is 11.6. The minimum Gasteiger partial charge on any atom is -0.493 e. The summed E-state index contributed by atoms with van der Waals surface area (Å²) in [4.78, 5) is 7.25. The van der Waals surface area contributed by atoms with Crippen LogP contribution < -0.4 is 9.47 Å². The molecule has 1 saturated heterocycles. The van der Waals surface area contributed by atoms with E-state index < -0.39 is 0 Å². The monoisotopic (exact) mass is 260 g/mol. The highest BCUT2D eigenvalue weighted by Gasteiger charge is 2.24. The smallest absolute Gasteiger partial charge is 0.186 e. The van der Waals surface area contributed by atoms with E-state index in [2.05, 4.69) is 11.0 Å². The van der Waals surface area contributed by atoms with Crippen molar-refractivity contribution in [3.05, 3.63) is 17.7 Å². The molecule has 19 heavy (non-hydrogen) atoms. The third-order valence-electron chi connectivity index (χ3n) is 3.90. The van der Waals surface area contributed by atoms with Gasteiger partial charge in [0.2, 0.25) is 0 Å². The average molecular weight is 260 g/mol. The molecule has 1 aromatic rings. The molecule has 2 aliphatic rings. The maximum atomic E-state index is 5.50. The summed E-state index contributed by atoms with van der Waals surface area (Å²) in [5.41, 5.74) is 2.18. The van der Waals surface area contributed by atoms with E-state index in [1.54, 1.807) is 14.2 Å². The van der Waals surface area contributed by atoms with Crippen LogP contribution in [0.4, 0.5) is 5.69 Å². The Morgan fingerprint density at radius 2 is 2.00 bits per heavy atom. The Morgan fingerprint density at radius 3 is 2.79 bits per heavy atom. The van der Waals surface area contributed by atoms with Crippen LogP contribution in [0, 0.1) is 0 Å². The fourth-order valence-corrected chi connectivity index (χ4v) is 2.88. The third kappa shape index (κ3) is 2.15. The Morgan fingerprint density at radius 1 is 1.11 bits per heavy atom. The first-order valence-corrected chi connectivity index (χ1v) is 6.90. The van der Waals surface area contributed by atoms with E-state index in [-0.39, 0.29) is 0 Å². The number of benzene rings is 1. The molecule has 0 bridgehead atoms. The largest absolute Gasteiger partial charge is 0.493 e. The van der Waals surface area contributed by atoms with Crippen LogP contribution in [-0.2, 0) is 6.54 Å². The van der Waals surface area contributed by atoms with Gasteiger partial charge in [-0.2, -0.15) is 0 Å². The molecule has 1 fully saturated rings. The number of ether oxygens (including phenoxy) is 2. The molecule has 0 saturated carbocycles. The molecule has 4 heteroatoms. The first-order chi connectivity index (χ1) is 9.33. The molecule has 0 unspecified atom stereocenters. The first-order valence-electron chi connectivity index (χ1n) is 6.90. The number of fused-ring (bicyclic) bond motifs is 2. The van der Waals surface area contributed by atoms with Crippen molar-refractivity contribution >= 4 is 11.5 Å². The Balaban J connectivity index is 2.06. The number of amidine groups is 1. The van der Waals surface area contributed by atoms with Gasteiger partial charge < -0.3 is 14.4 Å². The summed E-state index contributed by atoms with van der Waals surface area (Å²) < 4.78 is 10.9. The lowest BCUT2D eigenvalue weighted by molar-refractivity contribution is 0.352. The summed E-state index contributed by atoms with van der Waals surface area (Å²) in [5.74, 6) is 2.72. The van der Waals surface area contributed by atoms with Gasteiger partial charge in [-0.25, -0.2) is 4.99 Å². The van der Waals surface area contributed by atoms with Crippen LogP contribution in [0.3, 0.4) is 0 Å². The second kappa shape index (κ2) is 5.11.